The number of hydrogen-bond acceptors (Lipinski definition) is 8. The molecule has 2 aromatic carbocycles. The van der Waals surface area contributed by atoms with Gasteiger partial charge in [-0.1, -0.05) is 12.1 Å². The van der Waals surface area contributed by atoms with E-state index in [1.807, 2.05) is 36.4 Å². The molecular formula is C15H11N4O8+. The minimum Gasteiger partial charge on any atom is -0.497 e. The number of benzene rings is 2. The van der Waals surface area contributed by atoms with E-state index in [9.17, 15) is 35.6 Å². The highest BCUT2D eigenvalue weighted by atomic mass is 16.6. The van der Waals surface area contributed by atoms with E-state index >= 15 is 0 Å². The first-order chi connectivity index (χ1) is 12.7. The number of non-ortho nitro benzene ring substituents is 1. The average Bonchev–Trinajstić information content (AvgIpc) is 2.62. The first kappa shape index (κ1) is 19.0. The number of fused-ring (bicyclic) bond motifs is 1. The van der Waals surface area contributed by atoms with Crippen LogP contribution in [0.1, 0.15) is 0 Å². The normalized spacial score (nSPS) is 9.93. The number of aromatic nitrogens is 1. The van der Waals surface area contributed by atoms with Gasteiger partial charge in [0.1, 0.15) is 0 Å². The van der Waals surface area contributed by atoms with Crippen molar-refractivity contribution < 1.29 is 29.8 Å². The van der Waals surface area contributed by atoms with Gasteiger partial charge in [-0.25, -0.2) is 0 Å². The molecule has 1 heterocycles. The minimum absolute atomic E-state index is 0.447. The van der Waals surface area contributed by atoms with Crippen LogP contribution in [-0.4, -0.2) is 25.1 Å². The summed E-state index contributed by atoms with van der Waals surface area (Å²) in [5.41, 5.74) is -2.17. The Bertz CT molecular complexity index is 1010. The van der Waals surface area contributed by atoms with Gasteiger partial charge in [-0.3, -0.25) is 35.6 Å². The standard InChI is InChI=1S/C9H8NO.C6H3N3O7/c11-10-7-3-5-8-4-1-2-6-9(8)10;10-6-4(8(13)14)1-3(7(11)12)2-5(6)9(15)16/h1-7,11H;1-2,10H/q+1;. The van der Waals surface area contributed by atoms with Crippen molar-refractivity contribution in [2.45, 2.75) is 0 Å². The Labute approximate surface area is 149 Å². The van der Waals surface area contributed by atoms with Crippen LogP contribution in [0.3, 0.4) is 0 Å². The van der Waals surface area contributed by atoms with Crippen molar-refractivity contribution in [3.05, 3.63) is 85.1 Å². The van der Waals surface area contributed by atoms with E-state index in [1.165, 1.54) is 0 Å². The van der Waals surface area contributed by atoms with Crippen molar-refractivity contribution in [1.82, 2.24) is 0 Å². The molecule has 2 N–H and O–H groups in total. The van der Waals surface area contributed by atoms with Crippen LogP contribution in [0.25, 0.3) is 10.9 Å². The Hall–Kier alpha value is -4.35. The fourth-order valence-electron chi connectivity index (χ4n) is 2.12. The molecule has 12 nitrogen and oxygen atoms in total. The van der Waals surface area contributed by atoms with Gasteiger partial charge < -0.3 is 5.11 Å². The molecule has 12 heteroatoms. The Balaban J connectivity index is 0.000000206. The fourth-order valence-corrected chi connectivity index (χ4v) is 2.12. The molecule has 0 atom stereocenters. The van der Waals surface area contributed by atoms with Crippen LogP contribution in [0.2, 0.25) is 0 Å². The third-order valence-corrected chi connectivity index (χ3v) is 3.35. The molecule has 0 saturated carbocycles. The van der Waals surface area contributed by atoms with Crippen molar-refractivity contribution in [2.24, 2.45) is 0 Å². The van der Waals surface area contributed by atoms with Crippen molar-refractivity contribution in [3.8, 4) is 5.75 Å². The minimum atomic E-state index is -1.21. The molecule has 0 aliphatic rings. The van der Waals surface area contributed by atoms with Crippen LogP contribution < -0.4 is 4.73 Å². The largest absolute Gasteiger partial charge is 0.497 e. The second kappa shape index (κ2) is 7.69. The lowest BCUT2D eigenvalue weighted by Crippen LogP contribution is -2.29. The number of aromatic hydroxyl groups is 1. The van der Waals surface area contributed by atoms with Gasteiger partial charge >= 0.3 is 11.4 Å². The summed E-state index contributed by atoms with van der Waals surface area (Å²) in [5, 5.41) is 50.5. The Kier molecular flexibility index (Phi) is 5.41. The van der Waals surface area contributed by atoms with Gasteiger partial charge in [-0.15, -0.1) is 0 Å². The first-order valence-electron chi connectivity index (χ1n) is 7.11. The Morgan fingerprint density at radius 1 is 0.815 bits per heavy atom. The highest BCUT2D eigenvalue weighted by molar-refractivity contribution is 5.74. The van der Waals surface area contributed by atoms with E-state index in [2.05, 4.69) is 0 Å². The number of phenols is 1. The van der Waals surface area contributed by atoms with Crippen LogP contribution in [0.5, 0.6) is 5.75 Å². The molecule has 3 aromatic rings. The number of phenolic OH excluding ortho intramolecular Hbond substituents is 1. The highest BCUT2D eigenvalue weighted by Crippen LogP contribution is 2.38. The second-order valence-electron chi connectivity index (χ2n) is 5.02. The van der Waals surface area contributed by atoms with Gasteiger partial charge in [0.2, 0.25) is 6.20 Å². The summed E-state index contributed by atoms with van der Waals surface area (Å²) < 4.78 is 1.12. The third kappa shape index (κ3) is 4.19. The van der Waals surface area contributed by atoms with Gasteiger partial charge in [0.05, 0.1) is 32.3 Å². The topological polar surface area (TPSA) is 174 Å². The van der Waals surface area contributed by atoms with E-state index in [0.29, 0.717) is 12.1 Å². The van der Waals surface area contributed by atoms with Crippen LogP contribution in [0.15, 0.2) is 54.7 Å². The number of nitro groups is 3. The lowest BCUT2D eigenvalue weighted by atomic mass is 10.2. The summed E-state index contributed by atoms with van der Waals surface area (Å²) in [5.74, 6) is -1.21. The quantitative estimate of drug-likeness (QED) is 0.304. The maximum Gasteiger partial charge on any atom is 0.324 e. The molecule has 3 rings (SSSR count). The number of para-hydroxylation sites is 1. The van der Waals surface area contributed by atoms with Crippen molar-refractivity contribution in [3.63, 3.8) is 0 Å². The predicted molar refractivity (Wildman–Crippen MR) is 89.4 cm³/mol. The molecule has 0 radical (unpaired) electrons. The fraction of sp³-hybridized carbons (Fsp3) is 0. The molecule has 0 unspecified atom stereocenters. The SMILES string of the molecule is O=[N+]([O-])c1cc([N+](=O)[O-])c(O)c([N+](=O)[O-])c1.O[n+]1cccc2ccccc21. The van der Waals surface area contributed by atoms with Gasteiger partial charge in [-0.05, 0) is 12.1 Å². The zero-order valence-corrected chi connectivity index (χ0v) is 13.3. The number of hydrogen-bond donors (Lipinski definition) is 2. The van der Waals surface area contributed by atoms with E-state index in [-0.39, 0.29) is 0 Å². The summed E-state index contributed by atoms with van der Waals surface area (Å²) in [6, 6.07) is 12.3. The molecule has 0 aliphatic carbocycles. The Morgan fingerprint density at radius 3 is 1.81 bits per heavy atom. The molecule has 0 spiro atoms. The predicted octanol–water partition coefficient (Wildman–Crippen LogP) is 2.48. The van der Waals surface area contributed by atoms with Crippen LogP contribution in [0, 0.1) is 30.3 Å². The molecule has 138 valence electrons. The zero-order valence-electron chi connectivity index (χ0n) is 13.3. The van der Waals surface area contributed by atoms with Gasteiger partial charge in [0.25, 0.3) is 17.0 Å². The second-order valence-corrected chi connectivity index (χ2v) is 5.02. The van der Waals surface area contributed by atoms with Gasteiger partial charge in [-0.2, -0.15) is 0 Å². The molecular weight excluding hydrogens is 364 g/mol. The van der Waals surface area contributed by atoms with Crippen LogP contribution >= 0.6 is 0 Å². The molecule has 0 saturated heterocycles. The number of pyridine rings is 1. The van der Waals surface area contributed by atoms with E-state index < -0.39 is 37.6 Å². The summed E-state index contributed by atoms with van der Waals surface area (Å²) in [6.45, 7) is 0. The smallest absolute Gasteiger partial charge is 0.324 e. The van der Waals surface area contributed by atoms with Crippen LogP contribution in [-0.2, 0) is 0 Å². The molecule has 27 heavy (non-hydrogen) atoms. The van der Waals surface area contributed by atoms with Crippen molar-refractivity contribution in [2.75, 3.05) is 0 Å². The average molecular weight is 375 g/mol. The molecule has 0 amide bonds. The lowest BCUT2D eigenvalue weighted by molar-refractivity contribution is -0.884. The van der Waals surface area contributed by atoms with Gasteiger partial charge in [0.15, 0.2) is 0 Å². The number of nitro benzene ring substituents is 3. The van der Waals surface area contributed by atoms with Crippen molar-refractivity contribution in [1.29, 1.82) is 0 Å². The summed E-state index contributed by atoms with van der Waals surface area (Å²) in [6.07, 6.45) is 1.61. The lowest BCUT2D eigenvalue weighted by Gasteiger charge is -1.97. The van der Waals surface area contributed by atoms with Crippen molar-refractivity contribution >= 4 is 28.0 Å². The van der Waals surface area contributed by atoms with E-state index in [4.69, 9.17) is 5.11 Å². The molecule has 0 aliphatic heterocycles. The molecule has 1 aromatic heterocycles. The van der Waals surface area contributed by atoms with E-state index in [0.717, 1.165) is 15.6 Å². The molecule has 0 bridgehead atoms. The molecule has 0 fully saturated rings. The number of nitrogens with zero attached hydrogens (tertiary/aromatic N) is 4. The first-order valence-corrected chi connectivity index (χ1v) is 7.11. The third-order valence-electron chi connectivity index (χ3n) is 3.35. The summed E-state index contributed by atoms with van der Waals surface area (Å²) in [4.78, 5) is 27.8. The monoisotopic (exact) mass is 375 g/mol. The Morgan fingerprint density at radius 2 is 1.33 bits per heavy atom. The van der Waals surface area contributed by atoms with Gasteiger partial charge in [0, 0.05) is 16.9 Å². The zero-order chi connectivity index (χ0) is 20.1. The highest BCUT2D eigenvalue weighted by Gasteiger charge is 2.30. The summed E-state index contributed by atoms with van der Waals surface area (Å²) in [7, 11) is 0. The van der Waals surface area contributed by atoms with E-state index in [1.54, 1.807) is 6.20 Å². The summed E-state index contributed by atoms with van der Waals surface area (Å²) >= 11 is 0. The van der Waals surface area contributed by atoms with Crippen LogP contribution in [0.4, 0.5) is 17.1 Å². The maximum absolute atomic E-state index is 10.4. The number of rotatable bonds is 3. The maximum atomic E-state index is 10.4.